The van der Waals surface area contributed by atoms with Gasteiger partial charge in [-0.1, -0.05) is 6.07 Å². The third-order valence-corrected chi connectivity index (χ3v) is 2.88. The van der Waals surface area contributed by atoms with E-state index < -0.39 is 11.2 Å². The van der Waals surface area contributed by atoms with Crippen molar-refractivity contribution in [1.82, 2.24) is 14.9 Å². The fraction of sp³-hybridized carbons (Fsp3) is 0.0833. The first-order valence-electron chi connectivity index (χ1n) is 5.38. The number of carbonyl (C=O) groups is 1. The van der Waals surface area contributed by atoms with Crippen molar-refractivity contribution in [3.05, 3.63) is 62.4 Å². The Hall–Kier alpha value is -2.63. The Morgan fingerprint density at radius 3 is 2.72 bits per heavy atom. The van der Waals surface area contributed by atoms with Crippen LogP contribution in [0.1, 0.15) is 15.9 Å². The average molecular weight is 243 g/mol. The summed E-state index contributed by atoms with van der Waals surface area (Å²) in [5.41, 5.74) is 1.04. The summed E-state index contributed by atoms with van der Waals surface area (Å²) in [7, 11) is 0. The maximum absolute atomic E-state index is 11.6. The number of nitrogens with zero attached hydrogens (tertiary/aromatic N) is 1. The minimum absolute atomic E-state index is 0.149. The normalized spacial score (nSPS) is 13.2. The number of hydrogen-bond donors (Lipinski definition) is 2. The van der Waals surface area contributed by atoms with E-state index >= 15 is 0 Å². The Morgan fingerprint density at radius 2 is 1.94 bits per heavy atom. The van der Waals surface area contributed by atoms with Gasteiger partial charge >= 0.3 is 5.69 Å². The molecule has 1 aromatic heterocycles. The molecule has 1 amide bonds. The zero-order valence-electron chi connectivity index (χ0n) is 9.27. The summed E-state index contributed by atoms with van der Waals surface area (Å²) in [6, 6.07) is 6.42. The van der Waals surface area contributed by atoms with Crippen LogP contribution in [0.3, 0.4) is 0 Å². The van der Waals surface area contributed by atoms with Gasteiger partial charge in [0.25, 0.3) is 11.5 Å². The second-order valence-corrected chi connectivity index (χ2v) is 4.00. The molecule has 1 aliphatic heterocycles. The molecule has 0 spiro atoms. The Balaban J connectivity index is 2.19. The lowest BCUT2D eigenvalue weighted by atomic mass is 10.1. The number of rotatable bonds is 1. The number of hydrogen-bond acceptors (Lipinski definition) is 3. The number of nitrogens with one attached hydrogen (secondary N) is 2. The first-order valence-corrected chi connectivity index (χ1v) is 5.38. The van der Waals surface area contributed by atoms with E-state index in [4.69, 9.17) is 0 Å². The molecule has 2 N–H and O–H groups in total. The summed E-state index contributed by atoms with van der Waals surface area (Å²) in [4.78, 5) is 36.3. The molecule has 0 atom stereocenters. The first-order chi connectivity index (χ1) is 8.65. The fourth-order valence-electron chi connectivity index (χ4n) is 1.97. The van der Waals surface area contributed by atoms with Gasteiger partial charge < -0.3 is 5.32 Å². The van der Waals surface area contributed by atoms with Crippen LogP contribution < -0.4 is 16.6 Å². The van der Waals surface area contributed by atoms with Crippen LogP contribution in [0.5, 0.6) is 0 Å². The van der Waals surface area contributed by atoms with Crippen molar-refractivity contribution in [3.8, 4) is 5.69 Å². The van der Waals surface area contributed by atoms with Gasteiger partial charge in [0.15, 0.2) is 0 Å². The first kappa shape index (κ1) is 10.5. The Labute approximate surface area is 101 Å². The largest absolute Gasteiger partial charge is 0.348 e. The van der Waals surface area contributed by atoms with Gasteiger partial charge in [-0.05, 0) is 17.7 Å². The van der Waals surface area contributed by atoms with Crippen molar-refractivity contribution >= 4 is 5.91 Å². The van der Waals surface area contributed by atoms with Crippen LogP contribution in [-0.4, -0.2) is 15.5 Å². The lowest BCUT2D eigenvalue weighted by Gasteiger charge is -2.05. The summed E-state index contributed by atoms with van der Waals surface area (Å²) < 4.78 is 1.28. The number of aromatic nitrogens is 2. The van der Waals surface area contributed by atoms with E-state index in [1.807, 2.05) is 0 Å². The number of aromatic amines is 1. The molecule has 0 saturated heterocycles. The minimum atomic E-state index is -0.527. The molecule has 3 rings (SSSR count). The topological polar surface area (TPSA) is 84.0 Å². The number of fused-ring (bicyclic) bond motifs is 1. The van der Waals surface area contributed by atoms with Crippen LogP contribution >= 0.6 is 0 Å². The molecular formula is C12H9N3O3. The van der Waals surface area contributed by atoms with E-state index in [0.29, 0.717) is 17.8 Å². The molecule has 0 bridgehead atoms. The Kier molecular flexibility index (Phi) is 2.16. The molecule has 0 aliphatic carbocycles. The van der Waals surface area contributed by atoms with E-state index in [-0.39, 0.29) is 5.91 Å². The van der Waals surface area contributed by atoms with Gasteiger partial charge in [-0.25, -0.2) is 4.79 Å². The predicted molar refractivity (Wildman–Crippen MR) is 63.8 cm³/mol. The van der Waals surface area contributed by atoms with Crippen LogP contribution in [-0.2, 0) is 6.54 Å². The fourth-order valence-corrected chi connectivity index (χ4v) is 1.97. The number of amides is 1. The summed E-state index contributed by atoms with van der Waals surface area (Å²) in [5, 5.41) is 2.70. The van der Waals surface area contributed by atoms with Crippen LogP contribution in [0.25, 0.3) is 5.69 Å². The van der Waals surface area contributed by atoms with Gasteiger partial charge in [0.05, 0.1) is 5.69 Å². The molecule has 6 nitrogen and oxygen atoms in total. The number of H-pyrrole nitrogens is 1. The van der Waals surface area contributed by atoms with E-state index in [1.165, 1.54) is 16.8 Å². The number of benzene rings is 1. The van der Waals surface area contributed by atoms with Crippen molar-refractivity contribution in [3.63, 3.8) is 0 Å². The van der Waals surface area contributed by atoms with Crippen molar-refractivity contribution in [2.24, 2.45) is 0 Å². The summed E-state index contributed by atoms with van der Waals surface area (Å²) in [6.07, 6.45) is 1.38. The molecular weight excluding hydrogens is 234 g/mol. The highest BCUT2D eigenvalue weighted by Gasteiger charge is 2.19. The second kappa shape index (κ2) is 3.69. The summed E-state index contributed by atoms with van der Waals surface area (Å²) >= 11 is 0. The van der Waals surface area contributed by atoms with Crippen LogP contribution in [0, 0.1) is 0 Å². The summed E-state index contributed by atoms with van der Waals surface area (Å²) in [6.45, 7) is 0.509. The standard InChI is InChI=1S/C12H9N3O3/c16-10-3-4-15(12(18)14-10)8-2-1-7-6-13-11(17)9(7)5-8/h1-5H,6H2,(H,13,17)(H,14,16,18). The zero-order chi connectivity index (χ0) is 12.7. The molecule has 2 heterocycles. The molecule has 90 valence electrons. The zero-order valence-corrected chi connectivity index (χ0v) is 9.27. The van der Waals surface area contributed by atoms with Gasteiger partial charge in [0.1, 0.15) is 0 Å². The highest BCUT2D eigenvalue weighted by Crippen LogP contribution is 2.18. The van der Waals surface area contributed by atoms with Crippen molar-refractivity contribution in [2.75, 3.05) is 0 Å². The molecule has 18 heavy (non-hydrogen) atoms. The molecule has 0 unspecified atom stereocenters. The van der Waals surface area contributed by atoms with Crippen molar-refractivity contribution in [1.29, 1.82) is 0 Å². The Morgan fingerprint density at radius 1 is 1.11 bits per heavy atom. The highest BCUT2D eigenvalue weighted by molar-refractivity contribution is 5.98. The van der Waals surface area contributed by atoms with Crippen LogP contribution in [0.15, 0.2) is 40.1 Å². The van der Waals surface area contributed by atoms with Gasteiger partial charge in [-0.15, -0.1) is 0 Å². The monoisotopic (exact) mass is 243 g/mol. The van der Waals surface area contributed by atoms with E-state index in [0.717, 1.165) is 5.56 Å². The second-order valence-electron chi connectivity index (χ2n) is 4.00. The van der Waals surface area contributed by atoms with E-state index in [2.05, 4.69) is 10.3 Å². The molecule has 0 fully saturated rings. The van der Waals surface area contributed by atoms with E-state index in [1.54, 1.807) is 18.2 Å². The molecule has 0 saturated carbocycles. The van der Waals surface area contributed by atoms with Crippen LogP contribution in [0.2, 0.25) is 0 Å². The maximum atomic E-state index is 11.6. The smallest absolute Gasteiger partial charge is 0.332 e. The maximum Gasteiger partial charge on any atom is 0.332 e. The number of carbonyl (C=O) groups excluding carboxylic acids is 1. The third kappa shape index (κ3) is 1.55. The summed E-state index contributed by atoms with van der Waals surface area (Å²) in [5.74, 6) is -0.149. The van der Waals surface area contributed by atoms with Crippen molar-refractivity contribution < 1.29 is 4.79 Å². The van der Waals surface area contributed by atoms with Gasteiger partial charge in [0.2, 0.25) is 0 Å². The lowest BCUT2D eigenvalue weighted by molar-refractivity contribution is 0.0965. The highest BCUT2D eigenvalue weighted by atomic mass is 16.2. The van der Waals surface area contributed by atoms with Crippen molar-refractivity contribution in [2.45, 2.75) is 6.54 Å². The van der Waals surface area contributed by atoms with Gasteiger partial charge in [0, 0.05) is 24.4 Å². The average Bonchev–Trinajstić information content (AvgIpc) is 2.71. The van der Waals surface area contributed by atoms with Gasteiger partial charge in [-0.2, -0.15) is 0 Å². The van der Waals surface area contributed by atoms with Crippen LogP contribution in [0.4, 0.5) is 0 Å². The molecule has 6 heteroatoms. The SMILES string of the molecule is O=C1NCc2ccc(-n3ccc(=O)[nH]c3=O)cc21. The molecule has 0 radical (unpaired) electrons. The minimum Gasteiger partial charge on any atom is -0.348 e. The quantitative estimate of drug-likeness (QED) is 0.725. The van der Waals surface area contributed by atoms with Gasteiger partial charge in [-0.3, -0.25) is 19.1 Å². The predicted octanol–water partition coefficient (Wildman–Crippen LogP) is -0.231. The Bertz CT molecular complexity index is 758. The molecule has 1 aliphatic rings. The van der Waals surface area contributed by atoms with E-state index in [9.17, 15) is 14.4 Å². The molecule has 2 aromatic rings. The lowest BCUT2D eigenvalue weighted by Crippen LogP contribution is -2.27. The third-order valence-electron chi connectivity index (χ3n) is 2.88. The molecule has 1 aromatic carbocycles.